The van der Waals surface area contributed by atoms with Crippen molar-refractivity contribution < 1.29 is 19.1 Å². The molecule has 0 saturated carbocycles. The summed E-state index contributed by atoms with van der Waals surface area (Å²) in [4.78, 5) is 26.7. The van der Waals surface area contributed by atoms with Crippen LogP contribution in [0.25, 0.3) is 0 Å². The molecule has 1 fully saturated rings. The summed E-state index contributed by atoms with van der Waals surface area (Å²) in [5.41, 5.74) is 2.21. The minimum absolute atomic E-state index is 0.0103. The number of nitrogens with one attached hydrogen (secondary N) is 1. The third kappa shape index (κ3) is 6.74. The van der Waals surface area contributed by atoms with Crippen molar-refractivity contribution in [1.82, 2.24) is 10.2 Å². The van der Waals surface area contributed by atoms with Crippen molar-refractivity contribution in [3.63, 3.8) is 0 Å². The fourth-order valence-electron chi connectivity index (χ4n) is 3.79. The van der Waals surface area contributed by atoms with Gasteiger partial charge in [-0.05, 0) is 48.9 Å². The maximum Gasteiger partial charge on any atom is 0.260 e. The standard InChI is InChI=1S/C26H34N2O4/c1-19-10-11-23(22(16-19)26(2,3)4)32-18-25(30)28-14-12-20(13-15-28)27-24(29)17-31-21-8-6-5-7-9-21/h5-11,16,20H,12-15,17-18H2,1-4H3,(H,27,29). The van der Waals surface area contributed by atoms with Crippen molar-refractivity contribution >= 4 is 11.8 Å². The van der Waals surface area contributed by atoms with Crippen LogP contribution in [0.4, 0.5) is 0 Å². The molecule has 0 unspecified atom stereocenters. The Morgan fingerprint density at radius 1 is 1.00 bits per heavy atom. The second kappa shape index (κ2) is 10.5. The van der Waals surface area contributed by atoms with E-state index in [1.54, 1.807) is 0 Å². The third-order valence-corrected chi connectivity index (χ3v) is 5.62. The number of rotatable bonds is 7. The molecular weight excluding hydrogens is 404 g/mol. The summed E-state index contributed by atoms with van der Waals surface area (Å²) >= 11 is 0. The van der Waals surface area contributed by atoms with Gasteiger partial charge in [0.05, 0.1) is 0 Å². The maximum atomic E-state index is 12.7. The third-order valence-electron chi connectivity index (χ3n) is 5.62. The average molecular weight is 439 g/mol. The number of nitrogens with zero attached hydrogens (tertiary/aromatic N) is 1. The highest BCUT2D eigenvalue weighted by molar-refractivity contribution is 5.79. The molecule has 1 aliphatic heterocycles. The van der Waals surface area contributed by atoms with Gasteiger partial charge in [-0.1, -0.05) is 56.7 Å². The van der Waals surface area contributed by atoms with E-state index in [1.165, 1.54) is 5.56 Å². The Morgan fingerprint density at radius 3 is 2.34 bits per heavy atom. The van der Waals surface area contributed by atoms with Crippen molar-refractivity contribution in [1.29, 1.82) is 0 Å². The number of carbonyl (C=O) groups is 2. The van der Waals surface area contributed by atoms with Crippen molar-refractivity contribution in [3.8, 4) is 11.5 Å². The van der Waals surface area contributed by atoms with Crippen molar-refractivity contribution in [2.24, 2.45) is 0 Å². The number of piperidine rings is 1. The molecule has 1 saturated heterocycles. The molecule has 1 N–H and O–H groups in total. The Morgan fingerprint density at radius 2 is 1.69 bits per heavy atom. The predicted molar refractivity (Wildman–Crippen MR) is 125 cm³/mol. The molecule has 172 valence electrons. The van der Waals surface area contributed by atoms with Crippen LogP contribution >= 0.6 is 0 Å². The van der Waals surface area contributed by atoms with Crippen LogP contribution in [0, 0.1) is 6.92 Å². The predicted octanol–water partition coefficient (Wildman–Crippen LogP) is 3.86. The van der Waals surface area contributed by atoms with Gasteiger partial charge in [0, 0.05) is 19.1 Å². The van der Waals surface area contributed by atoms with E-state index in [4.69, 9.17) is 9.47 Å². The van der Waals surface area contributed by atoms with Crippen LogP contribution in [0.15, 0.2) is 48.5 Å². The van der Waals surface area contributed by atoms with Crippen molar-refractivity contribution in [2.45, 2.75) is 52.0 Å². The molecule has 32 heavy (non-hydrogen) atoms. The minimum Gasteiger partial charge on any atom is -0.484 e. The van der Waals surface area contributed by atoms with E-state index < -0.39 is 0 Å². The van der Waals surface area contributed by atoms with Gasteiger partial charge in [0.25, 0.3) is 11.8 Å². The van der Waals surface area contributed by atoms with Gasteiger partial charge in [0.1, 0.15) is 11.5 Å². The summed E-state index contributed by atoms with van der Waals surface area (Å²) in [6.45, 7) is 9.69. The zero-order valence-corrected chi connectivity index (χ0v) is 19.5. The number of para-hydroxylation sites is 1. The molecule has 0 atom stereocenters. The summed E-state index contributed by atoms with van der Waals surface area (Å²) in [7, 11) is 0. The number of hydrogen-bond acceptors (Lipinski definition) is 4. The highest BCUT2D eigenvalue weighted by atomic mass is 16.5. The Bertz CT molecular complexity index is 913. The first kappa shape index (κ1) is 23.6. The normalized spacial score (nSPS) is 14.7. The van der Waals surface area contributed by atoms with Gasteiger partial charge in [-0.15, -0.1) is 0 Å². The number of aryl methyl sites for hydroxylation is 1. The molecular formula is C26H34N2O4. The molecule has 1 heterocycles. The summed E-state index contributed by atoms with van der Waals surface area (Å²) in [5.74, 6) is 1.27. The highest BCUT2D eigenvalue weighted by Gasteiger charge is 2.25. The van der Waals surface area contributed by atoms with E-state index in [0.29, 0.717) is 18.8 Å². The van der Waals surface area contributed by atoms with Gasteiger partial charge < -0.3 is 19.7 Å². The van der Waals surface area contributed by atoms with E-state index in [9.17, 15) is 9.59 Å². The van der Waals surface area contributed by atoms with E-state index in [0.717, 1.165) is 24.2 Å². The summed E-state index contributed by atoms with van der Waals surface area (Å²) in [5, 5.41) is 3.00. The Kier molecular flexibility index (Phi) is 7.78. The molecule has 6 heteroatoms. The average Bonchev–Trinajstić information content (AvgIpc) is 2.77. The van der Waals surface area contributed by atoms with E-state index >= 15 is 0 Å². The number of carbonyl (C=O) groups excluding carboxylic acids is 2. The van der Waals surface area contributed by atoms with Gasteiger partial charge in [0.15, 0.2) is 13.2 Å². The minimum atomic E-state index is -0.143. The molecule has 0 spiro atoms. The fourth-order valence-corrected chi connectivity index (χ4v) is 3.79. The first-order chi connectivity index (χ1) is 15.2. The lowest BCUT2D eigenvalue weighted by Gasteiger charge is -2.32. The molecule has 2 aromatic rings. The number of likely N-dealkylation sites (tertiary alicyclic amines) is 1. The van der Waals surface area contributed by atoms with Crippen LogP contribution in [0.2, 0.25) is 0 Å². The topological polar surface area (TPSA) is 67.9 Å². The SMILES string of the molecule is Cc1ccc(OCC(=O)N2CCC(NC(=O)COc3ccccc3)CC2)c(C(C)(C)C)c1. The Labute approximate surface area is 190 Å². The maximum absolute atomic E-state index is 12.7. The van der Waals surface area contributed by atoms with E-state index in [1.807, 2.05) is 47.4 Å². The molecule has 2 aromatic carbocycles. The molecule has 0 radical (unpaired) electrons. The molecule has 6 nitrogen and oxygen atoms in total. The Hall–Kier alpha value is -3.02. The molecule has 0 bridgehead atoms. The highest BCUT2D eigenvalue weighted by Crippen LogP contribution is 2.32. The van der Waals surface area contributed by atoms with Gasteiger partial charge in [-0.2, -0.15) is 0 Å². The summed E-state index contributed by atoms with van der Waals surface area (Å²) in [6, 6.07) is 15.4. The lowest BCUT2D eigenvalue weighted by atomic mass is 9.85. The molecule has 1 aliphatic rings. The zero-order chi connectivity index (χ0) is 23.1. The lowest BCUT2D eigenvalue weighted by molar-refractivity contribution is -0.134. The first-order valence-corrected chi connectivity index (χ1v) is 11.2. The second-order valence-electron chi connectivity index (χ2n) is 9.36. The number of hydrogen-bond donors (Lipinski definition) is 1. The van der Waals surface area contributed by atoms with Gasteiger partial charge in [0.2, 0.25) is 0 Å². The van der Waals surface area contributed by atoms with E-state index in [-0.39, 0.29) is 36.5 Å². The number of ether oxygens (including phenoxy) is 2. The van der Waals surface area contributed by atoms with Gasteiger partial charge in [-0.25, -0.2) is 0 Å². The van der Waals surface area contributed by atoms with Gasteiger partial charge in [-0.3, -0.25) is 9.59 Å². The van der Waals surface area contributed by atoms with Crippen molar-refractivity contribution in [2.75, 3.05) is 26.3 Å². The van der Waals surface area contributed by atoms with Crippen LogP contribution in [-0.2, 0) is 15.0 Å². The molecule has 0 aliphatic carbocycles. The van der Waals surface area contributed by atoms with Crippen molar-refractivity contribution in [3.05, 3.63) is 59.7 Å². The quantitative estimate of drug-likeness (QED) is 0.713. The van der Waals surface area contributed by atoms with Crippen LogP contribution in [0.1, 0.15) is 44.7 Å². The molecule has 0 aromatic heterocycles. The summed E-state index contributed by atoms with van der Waals surface area (Å²) < 4.78 is 11.4. The Balaban J connectivity index is 1.42. The second-order valence-corrected chi connectivity index (χ2v) is 9.36. The number of benzene rings is 2. The smallest absolute Gasteiger partial charge is 0.260 e. The summed E-state index contributed by atoms with van der Waals surface area (Å²) in [6.07, 6.45) is 1.45. The first-order valence-electron chi connectivity index (χ1n) is 11.2. The number of amides is 2. The van der Waals surface area contributed by atoms with Crippen LogP contribution in [-0.4, -0.2) is 49.1 Å². The van der Waals surface area contributed by atoms with E-state index in [2.05, 4.69) is 39.1 Å². The molecule has 3 rings (SSSR count). The van der Waals surface area contributed by atoms with Crippen LogP contribution < -0.4 is 14.8 Å². The fraction of sp³-hybridized carbons (Fsp3) is 0.462. The van der Waals surface area contributed by atoms with Gasteiger partial charge >= 0.3 is 0 Å². The largest absolute Gasteiger partial charge is 0.484 e. The monoisotopic (exact) mass is 438 g/mol. The lowest BCUT2D eigenvalue weighted by Crippen LogP contribution is -2.48. The molecule has 2 amide bonds. The van der Waals surface area contributed by atoms with Crippen LogP contribution in [0.3, 0.4) is 0 Å². The zero-order valence-electron chi connectivity index (χ0n) is 19.5. The van der Waals surface area contributed by atoms with Crippen LogP contribution in [0.5, 0.6) is 11.5 Å².